The van der Waals surface area contributed by atoms with E-state index in [0.717, 1.165) is 17.0 Å². The van der Waals surface area contributed by atoms with Gasteiger partial charge in [0.05, 0.1) is 17.2 Å². The number of hydrogen-bond donors (Lipinski definition) is 0. The first-order valence-corrected chi connectivity index (χ1v) is 9.01. The number of benzene rings is 2. The van der Waals surface area contributed by atoms with Gasteiger partial charge in [-0.2, -0.15) is 0 Å². The molecule has 1 saturated heterocycles. The summed E-state index contributed by atoms with van der Waals surface area (Å²) in [4.78, 5) is 19.2. The van der Waals surface area contributed by atoms with Crippen molar-refractivity contribution >= 4 is 46.2 Å². The molecule has 1 heterocycles. The number of rotatable bonds is 4. The van der Waals surface area contributed by atoms with E-state index >= 15 is 0 Å². The number of carbonyl (C=O) groups excluding carboxylic acids is 1. The fraction of sp³-hybridized carbons (Fsp3) is 0.158. The van der Waals surface area contributed by atoms with Gasteiger partial charge < -0.3 is 4.74 Å². The highest BCUT2D eigenvalue weighted by molar-refractivity contribution is 8.18. The zero-order valence-corrected chi connectivity index (χ0v) is 15.5. The van der Waals surface area contributed by atoms with Gasteiger partial charge in [-0.15, -0.1) is 0 Å². The van der Waals surface area contributed by atoms with Crippen molar-refractivity contribution in [3.63, 3.8) is 0 Å². The Morgan fingerprint density at radius 2 is 1.92 bits per heavy atom. The average Bonchev–Trinajstić information content (AvgIpc) is 2.87. The maximum absolute atomic E-state index is 12.5. The zero-order valence-electron chi connectivity index (χ0n) is 13.9. The van der Waals surface area contributed by atoms with Crippen LogP contribution in [0.2, 0.25) is 5.02 Å². The first-order chi connectivity index (χ1) is 12.1. The van der Waals surface area contributed by atoms with Crippen molar-refractivity contribution in [3.8, 4) is 5.75 Å². The standard InChI is InChI=1S/C19H17ClN2O2S/c1-3-24-16-7-5-4-6-13(16)12-17-18(23)22(2)19(25-17)21-15-10-8-14(20)9-11-15/h4-12H,3H2,1-2H3/b17-12+,21-19?. The molecule has 1 aliphatic heterocycles. The van der Waals surface area contributed by atoms with Crippen molar-refractivity contribution in [3.05, 3.63) is 64.0 Å². The minimum atomic E-state index is -0.0796. The lowest BCUT2D eigenvalue weighted by Crippen LogP contribution is -2.23. The fourth-order valence-electron chi connectivity index (χ4n) is 2.31. The van der Waals surface area contributed by atoms with Crippen LogP contribution < -0.4 is 4.74 Å². The van der Waals surface area contributed by atoms with Gasteiger partial charge in [0.1, 0.15) is 5.75 Å². The summed E-state index contributed by atoms with van der Waals surface area (Å²) in [6.07, 6.45) is 1.85. The molecule has 0 spiro atoms. The highest BCUT2D eigenvalue weighted by atomic mass is 35.5. The third-order valence-corrected chi connectivity index (χ3v) is 4.87. The van der Waals surface area contributed by atoms with Gasteiger partial charge in [-0.3, -0.25) is 9.69 Å². The van der Waals surface area contributed by atoms with Crippen LogP contribution in [0.5, 0.6) is 5.75 Å². The Morgan fingerprint density at radius 1 is 1.20 bits per heavy atom. The van der Waals surface area contributed by atoms with Gasteiger partial charge in [-0.1, -0.05) is 29.8 Å². The van der Waals surface area contributed by atoms with Gasteiger partial charge in [-0.25, -0.2) is 4.99 Å². The van der Waals surface area contributed by atoms with Crippen LogP contribution in [0.1, 0.15) is 12.5 Å². The molecule has 2 aromatic carbocycles. The maximum Gasteiger partial charge on any atom is 0.266 e. The van der Waals surface area contributed by atoms with Gasteiger partial charge in [0, 0.05) is 17.6 Å². The van der Waals surface area contributed by atoms with Crippen LogP contribution in [0.4, 0.5) is 5.69 Å². The first-order valence-electron chi connectivity index (χ1n) is 7.82. The molecule has 0 saturated carbocycles. The zero-order chi connectivity index (χ0) is 17.8. The molecule has 25 heavy (non-hydrogen) atoms. The van der Waals surface area contributed by atoms with Crippen LogP contribution in [0, 0.1) is 0 Å². The Labute approximate surface area is 156 Å². The molecular weight excluding hydrogens is 356 g/mol. The van der Waals surface area contributed by atoms with E-state index < -0.39 is 0 Å². The predicted octanol–water partition coefficient (Wildman–Crippen LogP) is 4.97. The van der Waals surface area contributed by atoms with Crippen molar-refractivity contribution in [2.24, 2.45) is 4.99 Å². The molecule has 6 heteroatoms. The summed E-state index contributed by atoms with van der Waals surface area (Å²) in [7, 11) is 1.72. The molecule has 2 aromatic rings. The minimum absolute atomic E-state index is 0.0796. The molecular formula is C19H17ClN2O2S. The molecule has 0 atom stereocenters. The fourth-order valence-corrected chi connectivity index (χ4v) is 3.41. The molecule has 0 N–H and O–H groups in total. The molecule has 4 nitrogen and oxygen atoms in total. The summed E-state index contributed by atoms with van der Waals surface area (Å²) in [5, 5.41) is 1.29. The molecule has 0 aliphatic carbocycles. The van der Waals surface area contributed by atoms with Gasteiger partial charge in [-0.05, 0) is 55.1 Å². The second kappa shape index (κ2) is 7.76. The molecule has 128 valence electrons. The summed E-state index contributed by atoms with van der Waals surface area (Å²) in [6, 6.07) is 14.9. The van der Waals surface area contributed by atoms with Crippen LogP contribution in [0.25, 0.3) is 6.08 Å². The molecule has 0 bridgehead atoms. The summed E-state index contributed by atoms with van der Waals surface area (Å²) in [6.45, 7) is 2.51. The summed E-state index contributed by atoms with van der Waals surface area (Å²) < 4.78 is 5.62. The molecule has 1 amide bonds. The monoisotopic (exact) mass is 372 g/mol. The van der Waals surface area contributed by atoms with Gasteiger partial charge in [0.2, 0.25) is 0 Å². The Balaban J connectivity index is 1.90. The van der Waals surface area contributed by atoms with Gasteiger partial charge in [0.25, 0.3) is 5.91 Å². The number of nitrogens with zero attached hydrogens (tertiary/aromatic N) is 2. The Kier molecular flexibility index (Phi) is 5.46. The predicted molar refractivity (Wildman–Crippen MR) is 104 cm³/mol. The van der Waals surface area contributed by atoms with Gasteiger partial charge >= 0.3 is 0 Å². The van der Waals surface area contributed by atoms with Crippen LogP contribution in [0.3, 0.4) is 0 Å². The highest BCUT2D eigenvalue weighted by Gasteiger charge is 2.30. The Morgan fingerprint density at radius 3 is 2.64 bits per heavy atom. The lowest BCUT2D eigenvalue weighted by molar-refractivity contribution is -0.121. The molecule has 1 fully saturated rings. The number of amidine groups is 1. The van der Waals surface area contributed by atoms with E-state index in [1.54, 1.807) is 24.1 Å². The van der Waals surface area contributed by atoms with E-state index in [-0.39, 0.29) is 5.91 Å². The van der Waals surface area contributed by atoms with E-state index in [2.05, 4.69) is 4.99 Å². The summed E-state index contributed by atoms with van der Waals surface area (Å²) in [5.41, 5.74) is 1.63. The SMILES string of the molecule is CCOc1ccccc1/C=C1/SC(=Nc2ccc(Cl)cc2)N(C)C1=O. The van der Waals surface area contributed by atoms with Crippen molar-refractivity contribution in [1.82, 2.24) is 4.90 Å². The smallest absolute Gasteiger partial charge is 0.266 e. The molecule has 0 unspecified atom stereocenters. The highest BCUT2D eigenvalue weighted by Crippen LogP contribution is 2.34. The number of ether oxygens (including phenoxy) is 1. The average molecular weight is 373 g/mol. The van der Waals surface area contributed by atoms with E-state index in [4.69, 9.17) is 16.3 Å². The number of hydrogen-bond acceptors (Lipinski definition) is 4. The Hall–Kier alpha value is -2.24. The summed E-state index contributed by atoms with van der Waals surface area (Å²) in [5.74, 6) is 0.681. The van der Waals surface area contributed by atoms with E-state index in [1.165, 1.54) is 11.8 Å². The van der Waals surface area contributed by atoms with Crippen LogP contribution >= 0.6 is 23.4 Å². The third kappa shape index (κ3) is 4.06. The molecule has 0 radical (unpaired) electrons. The largest absolute Gasteiger partial charge is 0.493 e. The lowest BCUT2D eigenvalue weighted by Gasteiger charge is -2.07. The van der Waals surface area contributed by atoms with E-state index in [0.29, 0.717) is 21.7 Å². The molecule has 3 rings (SSSR count). The van der Waals surface area contributed by atoms with Crippen molar-refractivity contribution < 1.29 is 9.53 Å². The molecule has 0 aromatic heterocycles. The number of para-hydroxylation sites is 1. The van der Waals surface area contributed by atoms with Crippen molar-refractivity contribution in [1.29, 1.82) is 0 Å². The quantitative estimate of drug-likeness (QED) is 0.711. The number of thioether (sulfide) groups is 1. The van der Waals surface area contributed by atoms with E-state index in [9.17, 15) is 4.79 Å². The molecule has 1 aliphatic rings. The number of likely N-dealkylation sites (N-methyl/N-ethyl adjacent to an activating group) is 1. The normalized spacial score (nSPS) is 17.6. The first kappa shape index (κ1) is 17.6. The van der Waals surface area contributed by atoms with Crippen molar-refractivity contribution in [2.45, 2.75) is 6.92 Å². The van der Waals surface area contributed by atoms with Crippen LogP contribution in [-0.2, 0) is 4.79 Å². The Bertz CT molecular complexity index is 847. The number of carbonyl (C=O) groups is 1. The maximum atomic E-state index is 12.5. The second-order valence-electron chi connectivity index (χ2n) is 5.32. The number of amides is 1. The number of halogens is 1. The van der Waals surface area contributed by atoms with Crippen LogP contribution in [-0.4, -0.2) is 29.6 Å². The van der Waals surface area contributed by atoms with Gasteiger partial charge in [0.15, 0.2) is 5.17 Å². The topological polar surface area (TPSA) is 41.9 Å². The summed E-state index contributed by atoms with van der Waals surface area (Å²) >= 11 is 7.24. The third-order valence-electron chi connectivity index (χ3n) is 3.56. The number of aliphatic imine (C=N–C) groups is 1. The second-order valence-corrected chi connectivity index (χ2v) is 6.76. The van der Waals surface area contributed by atoms with E-state index in [1.807, 2.05) is 49.4 Å². The van der Waals surface area contributed by atoms with Crippen molar-refractivity contribution in [2.75, 3.05) is 13.7 Å². The lowest BCUT2D eigenvalue weighted by atomic mass is 10.2. The van der Waals surface area contributed by atoms with Crippen LogP contribution in [0.15, 0.2) is 58.4 Å². The minimum Gasteiger partial charge on any atom is -0.493 e.